The average molecular weight is 313 g/mol. The van der Waals surface area contributed by atoms with Gasteiger partial charge in [-0.25, -0.2) is 0 Å². The highest BCUT2D eigenvalue weighted by Gasteiger charge is 2.05. The lowest BCUT2D eigenvalue weighted by Gasteiger charge is -2.15. The van der Waals surface area contributed by atoms with E-state index >= 15 is 0 Å². The molecule has 0 amide bonds. The molecular formula is C20H27NO2. The van der Waals surface area contributed by atoms with E-state index in [2.05, 4.69) is 36.5 Å². The van der Waals surface area contributed by atoms with Crippen LogP contribution in [-0.4, -0.2) is 24.3 Å². The molecule has 124 valence electrons. The number of aliphatic hydroxyl groups excluding tert-OH is 1. The van der Waals surface area contributed by atoms with E-state index in [-0.39, 0.29) is 6.10 Å². The van der Waals surface area contributed by atoms with Crippen molar-refractivity contribution < 1.29 is 9.84 Å². The van der Waals surface area contributed by atoms with Crippen molar-refractivity contribution >= 4 is 0 Å². The first-order valence-corrected chi connectivity index (χ1v) is 8.37. The lowest BCUT2D eigenvalue weighted by molar-refractivity contribution is 0.173. The van der Waals surface area contributed by atoms with Crippen molar-refractivity contribution in [1.29, 1.82) is 0 Å². The van der Waals surface area contributed by atoms with Crippen LogP contribution in [0.4, 0.5) is 0 Å². The maximum atomic E-state index is 9.77. The molecule has 0 aliphatic rings. The van der Waals surface area contributed by atoms with Gasteiger partial charge < -0.3 is 15.2 Å². The highest BCUT2D eigenvalue weighted by atomic mass is 16.5. The predicted octanol–water partition coefficient (Wildman–Crippen LogP) is 3.73. The van der Waals surface area contributed by atoms with Gasteiger partial charge in [0, 0.05) is 12.6 Å². The van der Waals surface area contributed by atoms with Gasteiger partial charge in [-0.15, -0.1) is 0 Å². The van der Waals surface area contributed by atoms with Crippen LogP contribution in [0, 0.1) is 0 Å². The van der Waals surface area contributed by atoms with Gasteiger partial charge in [-0.05, 0) is 43.0 Å². The monoisotopic (exact) mass is 313 g/mol. The molecule has 0 aromatic heterocycles. The Balaban J connectivity index is 1.67. The molecule has 3 nitrogen and oxygen atoms in total. The van der Waals surface area contributed by atoms with Crippen molar-refractivity contribution in [1.82, 2.24) is 5.32 Å². The van der Waals surface area contributed by atoms with Crippen molar-refractivity contribution in [3.05, 3.63) is 65.7 Å². The number of aliphatic hydroxyl groups is 1. The molecule has 2 atom stereocenters. The van der Waals surface area contributed by atoms with E-state index in [1.165, 1.54) is 5.56 Å². The Morgan fingerprint density at radius 3 is 2.39 bits per heavy atom. The Hall–Kier alpha value is -1.84. The lowest BCUT2D eigenvalue weighted by Crippen LogP contribution is -2.31. The zero-order chi connectivity index (χ0) is 16.5. The topological polar surface area (TPSA) is 41.5 Å². The SMILES string of the molecule is CC[C@@H](O)c1ccc(OCCN[C@@H](C)Cc2ccccc2)cc1. The highest BCUT2D eigenvalue weighted by molar-refractivity contribution is 5.28. The van der Waals surface area contributed by atoms with Crippen molar-refractivity contribution in [3.63, 3.8) is 0 Å². The summed E-state index contributed by atoms with van der Waals surface area (Å²) in [6.07, 6.45) is 1.36. The summed E-state index contributed by atoms with van der Waals surface area (Å²) in [4.78, 5) is 0. The third kappa shape index (κ3) is 6.05. The Labute approximate surface area is 139 Å². The summed E-state index contributed by atoms with van der Waals surface area (Å²) in [6.45, 7) is 5.60. The smallest absolute Gasteiger partial charge is 0.119 e. The van der Waals surface area contributed by atoms with Gasteiger partial charge in [0.25, 0.3) is 0 Å². The van der Waals surface area contributed by atoms with Gasteiger partial charge in [0.2, 0.25) is 0 Å². The number of nitrogens with one attached hydrogen (secondary N) is 1. The average Bonchev–Trinajstić information content (AvgIpc) is 2.59. The van der Waals surface area contributed by atoms with E-state index in [1.54, 1.807) is 0 Å². The summed E-state index contributed by atoms with van der Waals surface area (Å²) in [7, 11) is 0. The Kier molecular flexibility index (Phi) is 7.11. The molecule has 0 heterocycles. The molecule has 0 saturated heterocycles. The van der Waals surface area contributed by atoms with E-state index in [0.717, 1.165) is 30.7 Å². The summed E-state index contributed by atoms with van der Waals surface area (Å²) < 4.78 is 5.73. The molecule has 2 N–H and O–H groups in total. The van der Waals surface area contributed by atoms with Crippen LogP contribution in [0.3, 0.4) is 0 Å². The van der Waals surface area contributed by atoms with Gasteiger partial charge in [0.05, 0.1) is 6.10 Å². The third-order valence-electron chi connectivity index (χ3n) is 3.90. The maximum Gasteiger partial charge on any atom is 0.119 e. The first-order chi connectivity index (χ1) is 11.2. The van der Waals surface area contributed by atoms with Crippen LogP contribution in [0.25, 0.3) is 0 Å². The van der Waals surface area contributed by atoms with Gasteiger partial charge in [-0.3, -0.25) is 0 Å². The Morgan fingerprint density at radius 2 is 1.74 bits per heavy atom. The van der Waals surface area contributed by atoms with E-state index in [9.17, 15) is 5.11 Å². The van der Waals surface area contributed by atoms with Crippen LogP contribution in [0.5, 0.6) is 5.75 Å². The third-order valence-corrected chi connectivity index (χ3v) is 3.90. The fraction of sp³-hybridized carbons (Fsp3) is 0.400. The van der Waals surface area contributed by atoms with Crippen molar-refractivity contribution in [3.8, 4) is 5.75 Å². The molecular weight excluding hydrogens is 286 g/mol. The van der Waals surface area contributed by atoms with Gasteiger partial charge in [-0.1, -0.05) is 49.4 Å². The molecule has 0 saturated carbocycles. The molecule has 23 heavy (non-hydrogen) atoms. The van der Waals surface area contributed by atoms with Gasteiger partial charge >= 0.3 is 0 Å². The van der Waals surface area contributed by atoms with E-state index in [0.29, 0.717) is 12.6 Å². The van der Waals surface area contributed by atoms with E-state index in [4.69, 9.17) is 4.74 Å². The van der Waals surface area contributed by atoms with Crippen molar-refractivity contribution in [2.24, 2.45) is 0 Å². The number of hydrogen-bond donors (Lipinski definition) is 2. The molecule has 0 aliphatic heterocycles. The summed E-state index contributed by atoms with van der Waals surface area (Å²) in [5.74, 6) is 0.842. The normalized spacial score (nSPS) is 13.5. The second-order valence-electron chi connectivity index (χ2n) is 5.89. The molecule has 0 fully saturated rings. The number of rotatable bonds is 9. The molecule has 0 radical (unpaired) electrons. The maximum absolute atomic E-state index is 9.77. The zero-order valence-corrected chi connectivity index (χ0v) is 14.0. The van der Waals surface area contributed by atoms with Crippen LogP contribution < -0.4 is 10.1 Å². The van der Waals surface area contributed by atoms with Crippen LogP contribution in [0.15, 0.2) is 54.6 Å². The second kappa shape index (κ2) is 9.33. The number of ether oxygens (including phenoxy) is 1. The van der Waals surface area contributed by atoms with Crippen molar-refractivity contribution in [2.75, 3.05) is 13.2 Å². The van der Waals surface area contributed by atoms with E-state index < -0.39 is 0 Å². The van der Waals surface area contributed by atoms with Crippen LogP contribution in [-0.2, 0) is 6.42 Å². The minimum Gasteiger partial charge on any atom is -0.492 e. The summed E-state index contributed by atoms with van der Waals surface area (Å²) >= 11 is 0. The molecule has 0 aliphatic carbocycles. The van der Waals surface area contributed by atoms with Crippen LogP contribution in [0.2, 0.25) is 0 Å². The Bertz CT molecular complexity index is 554. The quantitative estimate of drug-likeness (QED) is 0.693. The molecule has 2 aromatic rings. The summed E-state index contributed by atoms with van der Waals surface area (Å²) in [5, 5.41) is 13.2. The van der Waals surface area contributed by atoms with E-state index in [1.807, 2.05) is 37.3 Å². The minimum atomic E-state index is -0.385. The standard InChI is InChI=1S/C20H27NO2/c1-3-20(22)18-9-11-19(12-10-18)23-14-13-21-16(2)15-17-7-5-4-6-8-17/h4-12,16,20-22H,3,13-15H2,1-2H3/t16-,20+/m0/s1. The van der Waals surface area contributed by atoms with Crippen molar-refractivity contribution in [2.45, 2.75) is 38.8 Å². The molecule has 0 unspecified atom stereocenters. The first-order valence-electron chi connectivity index (χ1n) is 8.37. The zero-order valence-electron chi connectivity index (χ0n) is 14.0. The van der Waals surface area contributed by atoms with Crippen LogP contribution in [0.1, 0.15) is 37.5 Å². The van der Waals surface area contributed by atoms with Crippen LogP contribution >= 0.6 is 0 Å². The molecule has 0 spiro atoms. The lowest BCUT2D eigenvalue weighted by atomic mass is 10.1. The second-order valence-corrected chi connectivity index (χ2v) is 5.89. The highest BCUT2D eigenvalue weighted by Crippen LogP contribution is 2.19. The molecule has 0 bridgehead atoms. The first kappa shape index (κ1) is 17.5. The van der Waals surface area contributed by atoms with Gasteiger partial charge in [0.1, 0.15) is 12.4 Å². The molecule has 2 aromatic carbocycles. The predicted molar refractivity (Wildman–Crippen MR) is 94.8 cm³/mol. The molecule has 2 rings (SSSR count). The fourth-order valence-corrected chi connectivity index (χ4v) is 2.54. The minimum absolute atomic E-state index is 0.385. The van der Waals surface area contributed by atoms with Gasteiger partial charge in [0.15, 0.2) is 0 Å². The summed E-state index contributed by atoms with van der Waals surface area (Å²) in [6, 6.07) is 18.6. The van der Waals surface area contributed by atoms with Gasteiger partial charge in [-0.2, -0.15) is 0 Å². The number of benzene rings is 2. The molecule has 3 heteroatoms. The largest absolute Gasteiger partial charge is 0.492 e. The fourth-order valence-electron chi connectivity index (χ4n) is 2.54. The summed E-state index contributed by atoms with van der Waals surface area (Å²) in [5.41, 5.74) is 2.29. The number of hydrogen-bond acceptors (Lipinski definition) is 3. The Morgan fingerprint density at radius 1 is 1.04 bits per heavy atom.